The average molecular weight is 328 g/mol. The van der Waals surface area contributed by atoms with Gasteiger partial charge in [0.05, 0.1) is 6.10 Å². The van der Waals surface area contributed by atoms with E-state index < -0.39 is 0 Å². The lowest BCUT2D eigenvalue weighted by Crippen LogP contribution is -2.42. The fourth-order valence-electron chi connectivity index (χ4n) is 3.03. The number of benzene rings is 2. The van der Waals surface area contributed by atoms with Gasteiger partial charge in [0.1, 0.15) is 11.6 Å². The number of nitrogens with one attached hydrogen (secondary N) is 1. The van der Waals surface area contributed by atoms with E-state index in [1.807, 2.05) is 6.92 Å². The van der Waals surface area contributed by atoms with Crippen molar-refractivity contribution < 1.29 is 9.13 Å². The van der Waals surface area contributed by atoms with Crippen LogP contribution in [0.15, 0.2) is 48.5 Å². The van der Waals surface area contributed by atoms with E-state index in [-0.39, 0.29) is 11.9 Å². The lowest BCUT2D eigenvalue weighted by atomic mass is 10.1. The largest absolute Gasteiger partial charge is 0.490 e. The summed E-state index contributed by atoms with van der Waals surface area (Å²) in [6.07, 6.45) is 0.889. The molecule has 0 amide bonds. The van der Waals surface area contributed by atoms with Gasteiger partial charge in [-0.3, -0.25) is 4.90 Å². The lowest BCUT2D eigenvalue weighted by Gasteiger charge is -2.27. The Labute approximate surface area is 143 Å². The molecule has 1 aliphatic rings. The molecule has 0 aromatic heterocycles. The second-order valence-electron chi connectivity index (χ2n) is 6.43. The summed E-state index contributed by atoms with van der Waals surface area (Å²) in [6.45, 7) is 7.45. The zero-order valence-electron chi connectivity index (χ0n) is 14.2. The molecule has 0 aliphatic carbocycles. The third-order valence-electron chi connectivity index (χ3n) is 4.31. The summed E-state index contributed by atoms with van der Waals surface area (Å²) in [5.41, 5.74) is 2.61. The smallest absolute Gasteiger partial charge is 0.123 e. The zero-order valence-corrected chi connectivity index (χ0v) is 14.2. The zero-order chi connectivity index (χ0) is 16.8. The van der Waals surface area contributed by atoms with Crippen molar-refractivity contribution in [2.75, 3.05) is 26.2 Å². The van der Waals surface area contributed by atoms with Crippen molar-refractivity contribution in [1.29, 1.82) is 0 Å². The molecular weight excluding hydrogens is 303 g/mol. The van der Waals surface area contributed by atoms with Crippen LogP contribution in [0.5, 0.6) is 5.75 Å². The van der Waals surface area contributed by atoms with Gasteiger partial charge in [-0.2, -0.15) is 0 Å². The molecule has 3 nitrogen and oxygen atoms in total. The van der Waals surface area contributed by atoms with Gasteiger partial charge in [-0.15, -0.1) is 0 Å². The molecule has 128 valence electrons. The Kier molecular flexibility index (Phi) is 5.83. The van der Waals surface area contributed by atoms with E-state index in [4.69, 9.17) is 4.74 Å². The normalized spacial score (nSPS) is 16.8. The molecule has 3 rings (SSSR count). The minimum absolute atomic E-state index is 0.0504. The fourth-order valence-corrected chi connectivity index (χ4v) is 3.03. The maximum atomic E-state index is 12.9. The molecule has 1 fully saturated rings. The van der Waals surface area contributed by atoms with Crippen molar-refractivity contribution >= 4 is 0 Å². The third kappa shape index (κ3) is 5.05. The van der Waals surface area contributed by atoms with E-state index in [9.17, 15) is 4.39 Å². The second-order valence-corrected chi connectivity index (χ2v) is 6.43. The van der Waals surface area contributed by atoms with Crippen LogP contribution in [0.1, 0.15) is 18.1 Å². The van der Waals surface area contributed by atoms with E-state index in [1.165, 1.54) is 23.3 Å². The summed E-state index contributed by atoms with van der Waals surface area (Å²) in [4.78, 5) is 2.48. The molecule has 2 aromatic carbocycles. The van der Waals surface area contributed by atoms with Crippen LogP contribution < -0.4 is 10.1 Å². The van der Waals surface area contributed by atoms with E-state index in [2.05, 4.69) is 34.5 Å². The van der Waals surface area contributed by atoms with Crippen molar-refractivity contribution in [1.82, 2.24) is 10.2 Å². The van der Waals surface area contributed by atoms with Crippen LogP contribution in [-0.2, 0) is 13.0 Å². The maximum absolute atomic E-state index is 12.9. The Hall–Kier alpha value is -1.91. The predicted molar refractivity (Wildman–Crippen MR) is 94.8 cm³/mol. The summed E-state index contributed by atoms with van der Waals surface area (Å²) in [5.74, 6) is 0.467. The molecule has 1 heterocycles. The molecule has 0 spiro atoms. The van der Waals surface area contributed by atoms with E-state index in [1.54, 1.807) is 12.1 Å². The molecule has 1 N–H and O–H groups in total. The van der Waals surface area contributed by atoms with Gasteiger partial charge in [-0.25, -0.2) is 4.39 Å². The number of hydrogen-bond acceptors (Lipinski definition) is 3. The molecular formula is C20H25FN2O. The highest BCUT2D eigenvalue weighted by Crippen LogP contribution is 2.16. The van der Waals surface area contributed by atoms with Crippen LogP contribution in [0.4, 0.5) is 4.39 Å². The molecule has 1 aliphatic heterocycles. The first-order chi connectivity index (χ1) is 11.7. The number of piperazine rings is 1. The third-order valence-corrected chi connectivity index (χ3v) is 4.31. The van der Waals surface area contributed by atoms with Crippen LogP contribution in [-0.4, -0.2) is 37.2 Å². The minimum atomic E-state index is -0.241. The van der Waals surface area contributed by atoms with Gasteiger partial charge in [0.25, 0.3) is 0 Å². The molecule has 0 bridgehead atoms. The first-order valence-electron chi connectivity index (χ1n) is 8.62. The molecule has 2 aromatic rings. The standard InChI is InChI=1S/C20H25FN2O/c1-16(24-20-8-6-19(21)7-9-20)14-17-2-4-18(5-3-17)15-23-12-10-22-11-13-23/h2-9,16,22H,10-15H2,1H3. The Morgan fingerprint density at radius 2 is 1.62 bits per heavy atom. The molecule has 1 unspecified atom stereocenters. The van der Waals surface area contributed by atoms with Gasteiger partial charge in [0, 0.05) is 39.1 Å². The SMILES string of the molecule is CC(Cc1ccc(CN2CCNCC2)cc1)Oc1ccc(F)cc1. The summed E-state index contributed by atoms with van der Waals surface area (Å²) < 4.78 is 18.8. The summed E-state index contributed by atoms with van der Waals surface area (Å²) in [7, 11) is 0. The first kappa shape index (κ1) is 16.9. The Balaban J connectivity index is 1.50. The van der Waals surface area contributed by atoms with E-state index in [0.717, 1.165) is 39.1 Å². The summed E-state index contributed by atoms with van der Waals surface area (Å²) in [5, 5.41) is 3.38. The summed E-state index contributed by atoms with van der Waals surface area (Å²) >= 11 is 0. The second kappa shape index (κ2) is 8.27. The van der Waals surface area contributed by atoms with Gasteiger partial charge in [-0.05, 0) is 42.3 Å². The summed E-state index contributed by atoms with van der Waals surface area (Å²) in [6, 6.07) is 15.0. The van der Waals surface area contributed by atoms with Gasteiger partial charge in [0.15, 0.2) is 0 Å². The quantitative estimate of drug-likeness (QED) is 0.881. The van der Waals surface area contributed by atoms with Crippen LogP contribution in [0.2, 0.25) is 0 Å². The van der Waals surface area contributed by atoms with Crippen molar-refractivity contribution in [3.63, 3.8) is 0 Å². The van der Waals surface area contributed by atoms with E-state index in [0.29, 0.717) is 5.75 Å². The Morgan fingerprint density at radius 3 is 2.29 bits per heavy atom. The topological polar surface area (TPSA) is 24.5 Å². The highest BCUT2D eigenvalue weighted by atomic mass is 19.1. The van der Waals surface area contributed by atoms with Crippen LogP contribution >= 0.6 is 0 Å². The Morgan fingerprint density at radius 1 is 1.00 bits per heavy atom. The number of hydrogen-bond donors (Lipinski definition) is 1. The highest BCUT2D eigenvalue weighted by molar-refractivity contribution is 5.25. The average Bonchev–Trinajstić information content (AvgIpc) is 2.60. The van der Waals surface area contributed by atoms with Crippen molar-refractivity contribution in [2.45, 2.75) is 26.0 Å². The van der Waals surface area contributed by atoms with Crippen LogP contribution in [0.3, 0.4) is 0 Å². The van der Waals surface area contributed by atoms with Crippen LogP contribution in [0, 0.1) is 5.82 Å². The number of nitrogens with zero attached hydrogens (tertiary/aromatic N) is 1. The molecule has 0 saturated carbocycles. The highest BCUT2D eigenvalue weighted by Gasteiger charge is 2.10. The predicted octanol–water partition coefficient (Wildman–Crippen LogP) is 3.24. The number of ether oxygens (including phenoxy) is 1. The van der Waals surface area contributed by atoms with Gasteiger partial charge >= 0.3 is 0 Å². The van der Waals surface area contributed by atoms with Crippen molar-refractivity contribution in [3.8, 4) is 5.75 Å². The molecule has 24 heavy (non-hydrogen) atoms. The van der Waals surface area contributed by atoms with Crippen molar-refractivity contribution in [2.24, 2.45) is 0 Å². The van der Waals surface area contributed by atoms with Crippen LogP contribution in [0.25, 0.3) is 0 Å². The molecule has 1 atom stereocenters. The molecule has 4 heteroatoms. The van der Waals surface area contributed by atoms with Gasteiger partial charge in [0.2, 0.25) is 0 Å². The van der Waals surface area contributed by atoms with Crippen molar-refractivity contribution in [3.05, 3.63) is 65.5 Å². The lowest BCUT2D eigenvalue weighted by molar-refractivity contribution is 0.222. The maximum Gasteiger partial charge on any atom is 0.123 e. The van der Waals surface area contributed by atoms with Gasteiger partial charge < -0.3 is 10.1 Å². The monoisotopic (exact) mass is 328 g/mol. The molecule has 1 saturated heterocycles. The van der Waals surface area contributed by atoms with Gasteiger partial charge in [-0.1, -0.05) is 24.3 Å². The first-order valence-corrected chi connectivity index (χ1v) is 8.62. The number of halogens is 1. The molecule has 0 radical (unpaired) electrons. The van der Waals surface area contributed by atoms with E-state index >= 15 is 0 Å². The Bertz CT molecular complexity index is 621. The fraction of sp³-hybridized carbons (Fsp3) is 0.400. The number of rotatable bonds is 6. The minimum Gasteiger partial charge on any atom is -0.490 e.